The number of ether oxygens (including phenoxy) is 3. The van der Waals surface area contributed by atoms with Gasteiger partial charge in [0.05, 0.1) is 37.9 Å². The molecular weight excluding hydrogens is 354 g/mol. The first kappa shape index (κ1) is 20.0. The highest BCUT2D eigenvalue weighted by atomic mass is 16.5. The summed E-state index contributed by atoms with van der Waals surface area (Å²) in [6.07, 6.45) is -0.357. The number of nitrogens with zero attached hydrogens (tertiary/aromatic N) is 1. The summed E-state index contributed by atoms with van der Waals surface area (Å²) < 4.78 is 15.0. The minimum absolute atomic E-state index is 0.131. The summed E-state index contributed by atoms with van der Waals surface area (Å²) in [5.74, 6) is -0.771. The lowest BCUT2D eigenvalue weighted by atomic mass is 10.2. The molecule has 0 spiro atoms. The highest BCUT2D eigenvalue weighted by Gasteiger charge is 2.18. The molecule has 0 unspecified atom stereocenters. The number of carbonyl (C=O) groups excluding carboxylic acids is 2. The number of anilines is 1. The van der Waals surface area contributed by atoms with E-state index in [1.54, 1.807) is 32.0 Å². The van der Waals surface area contributed by atoms with E-state index >= 15 is 0 Å². The third-order valence-corrected chi connectivity index (χ3v) is 3.49. The van der Waals surface area contributed by atoms with Gasteiger partial charge in [-0.3, -0.25) is 15.0 Å². The molecule has 0 saturated carbocycles. The molecule has 0 aliphatic carbocycles. The Hall–Kier alpha value is -3.36. The molecule has 0 atom stereocenters. The van der Waals surface area contributed by atoms with Crippen LogP contribution in [0.5, 0.6) is 5.75 Å². The van der Waals surface area contributed by atoms with E-state index in [1.807, 2.05) is 0 Å². The molecule has 2 N–H and O–H groups in total. The highest BCUT2D eigenvalue weighted by molar-refractivity contribution is 6.39. The fourth-order valence-corrected chi connectivity index (χ4v) is 2.30. The number of hydrogen-bond donors (Lipinski definition) is 2. The molecule has 0 radical (unpaired) electrons. The average Bonchev–Trinajstić information content (AvgIpc) is 2.64. The van der Waals surface area contributed by atoms with Crippen molar-refractivity contribution in [3.63, 3.8) is 0 Å². The summed E-state index contributed by atoms with van der Waals surface area (Å²) in [5, 5.41) is 4.60. The second-order valence-electron chi connectivity index (χ2n) is 5.33. The van der Waals surface area contributed by atoms with Gasteiger partial charge < -0.3 is 19.2 Å². The smallest absolute Gasteiger partial charge is 0.355 e. The molecule has 9 heteroatoms. The molecule has 1 aromatic carbocycles. The number of carbonyl (C=O) groups is 2. The zero-order valence-corrected chi connectivity index (χ0v) is 15.3. The van der Waals surface area contributed by atoms with Crippen LogP contribution in [0.4, 0.5) is 5.69 Å². The van der Waals surface area contributed by atoms with E-state index < -0.39 is 11.9 Å². The number of H-pyrrole nitrogens is 1. The molecular formula is C18H21N3O6. The second kappa shape index (κ2) is 9.37. The van der Waals surface area contributed by atoms with Crippen molar-refractivity contribution < 1.29 is 23.8 Å². The van der Waals surface area contributed by atoms with Crippen LogP contribution in [0.25, 0.3) is 10.9 Å². The maximum atomic E-state index is 12.0. The molecule has 0 amide bonds. The fourth-order valence-electron chi connectivity index (χ4n) is 2.30. The number of aromatic amines is 1. The van der Waals surface area contributed by atoms with E-state index in [-0.39, 0.29) is 30.9 Å². The van der Waals surface area contributed by atoms with E-state index in [9.17, 15) is 14.4 Å². The standard InChI is InChI=1S/C18H21N3O6/c1-4-26-17(23)10-15(18(24)27-5-2)21-20-14-9-16(22)19-13-7-6-11(25-3)8-12(13)14/h6-9H,4-5,10H2,1-3H3,(H2,19,20,22)/b21-15+. The van der Waals surface area contributed by atoms with Crippen LogP contribution < -0.4 is 15.7 Å². The van der Waals surface area contributed by atoms with E-state index in [2.05, 4.69) is 15.5 Å². The molecule has 1 heterocycles. The van der Waals surface area contributed by atoms with Crippen molar-refractivity contribution in [3.05, 3.63) is 34.6 Å². The number of benzene rings is 1. The fraction of sp³-hybridized carbons (Fsp3) is 0.333. The van der Waals surface area contributed by atoms with Gasteiger partial charge in [0.15, 0.2) is 5.71 Å². The van der Waals surface area contributed by atoms with Gasteiger partial charge in [-0.1, -0.05) is 0 Å². The molecule has 144 valence electrons. The number of fused-ring (bicyclic) bond motifs is 1. The SMILES string of the molecule is CCOC(=O)C/C(=N\Nc1cc(=O)[nH]c2ccc(OC)cc12)C(=O)OCC. The van der Waals surface area contributed by atoms with Gasteiger partial charge in [0.2, 0.25) is 0 Å². The van der Waals surface area contributed by atoms with E-state index in [0.29, 0.717) is 22.3 Å². The first-order valence-corrected chi connectivity index (χ1v) is 8.34. The molecule has 2 rings (SSSR count). The topological polar surface area (TPSA) is 119 Å². The van der Waals surface area contributed by atoms with E-state index in [0.717, 1.165) is 0 Å². The Kier molecular flexibility index (Phi) is 6.93. The molecule has 0 aliphatic rings. The van der Waals surface area contributed by atoms with Crippen molar-refractivity contribution >= 4 is 34.2 Å². The molecule has 0 fully saturated rings. The molecule has 0 bridgehead atoms. The summed E-state index contributed by atoms with van der Waals surface area (Å²) in [7, 11) is 1.52. The quantitative estimate of drug-likeness (QED) is 0.410. The maximum Gasteiger partial charge on any atom is 0.355 e. The number of esters is 2. The third kappa shape index (κ3) is 5.30. The lowest BCUT2D eigenvalue weighted by molar-refractivity contribution is -0.143. The monoisotopic (exact) mass is 375 g/mol. The van der Waals surface area contributed by atoms with Crippen molar-refractivity contribution in [3.8, 4) is 5.75 Å². The maximum absolute atomic E-state index is 12.0. The predicted molar refractivity (Wildman–Crippen MR) is 100 cm³/mol. The van der Waals surface area contributed by atoms with Gasteiger partial charge in [-0.25, -0.2) is 4.79 Å². The van der Waals surface area contributed by atoms with Crippen LogP contribution in [0.1, 0.15) is 20.3 Å². The zero-order chi connectivity index (χ0) is 19.8. The summed E-state index contributed by atoms with van der Waals surface area (Å²) in [6.45, 7) is 3.61. The number of aromatic nitrogens is 1. The number of pyridine rings is 1. The molecule has 0 saturated heterocycles. The highest BCUT2D eigenvalue weighted by Crippen LogP contribution is 2.24. The van der Waals surface area contributed by atoms with Crippen molar-refractivity contribution in [1.82, 2.24) is 4.98 Å². The van der Waals surface area contributed by atoms with Crippen molar-refractivity contribution in [1.29, 1.82) is 0 Å². The number of methoxy groups -OCH3 is 1. The van der Waals surface area contributed by atoms with Gasteiger partial charge in [-0.2, -0.15) is 5.10 Å². The average molecular weight is 375 g/mol. The summed E-state index contributed by atoms with van der Waals surface area (Å²) in [5.41, 5.74) is 3.06. The van der Waals surface area contributed by atoms with Gasteiger partial charge in [-0.05, 0) is 32.0 Å². The summed E-state index contributed by atoms with van der Waals surface area (Å²) >= 11 is 0. The second-order valence-corrected chi connectivity index (χ2v) is 5.33. The lowest BCUT2D eigenvalue weighted by Gasteiger charge is -2.09. The zero-order valence-electron chi connectivity index (χ0n) is 15.3. The lowest BCUT2D eigenvalue weighted by Crippen LogP contribution is -2.23. The first-order valence-electron chi connectivity index (χ1n) is 8.34. The Morgan fingerprint density at radius 2 is 1.89 bits per heavy atom. The number of hydrazone groups is 1. The Labute approximate surface area is 155 Å². The van der Waals surface area contributed by atoms with Crippen LogP contribution in [0, 0.1) is 0 Å². The number of nitrogens with one attached hydrogen (secondary N) is 2. The Morgan fingerprint density at radius 3 is 2.56 bits per heavy atom. The molecule has 27 heavy (non-hydrogen) atoms. The van der Waals surface area contributed by atoms with Crippen LogP contribution in [0.15, 0.2) is 34.2 Å². The summed E-state index contributed by atoms with van der Waals surface area (Å²) in [4.78, 5) is 38.3. The van der Waals surface area contributed by atoms with Crippen LogP contribution in [-0.2, 0) is 19.1 Å². The normalized spacial score (nSPS) is 11.1. The first-order chi connectivity index (χ1) is 13.0. The van der Waals surface area contributed by atoms with Crippen molar-refractivity contribution in [2.75, 3.05) is 25.7 Å². The Bertz CT molecular complexity index is 919. The Balaban J connectivity index is 2.39. The molecule has 1 aromatic heterocycles. The molecule has 9 nitrogen and oxygen atoms in total. The van der Waals surface area contributed by atoms with Gasteiger partial charge in [0.1, 0.15) is 5.75 Å². The summed E-state index contributed by atoms with van der Waals surface area (Å²) in [6, 6.07) is 6.39. The van der Waals surface area contributed by atoms with E-state index in [1.165, 1.54) is 13.2 Å². The van der Waals surface area contributed by atoms with Crippen LogP contribution >= 0.6 is 0 Å². The minimum atomic E-state index is -0.746. The van der Waals surface area contributed by atoms with Gasteiger partial charge in [0, 0.05) is 11.5 Å². The van der Waals surface area contributed by atoms with Crippen LogP contribution in [0.3, 0.4) is 0 Å². The minimum Gasteiger partial charge on any atom is -0.497 e. The van der Waals surface area contributed by atoms with Gasteiger partial charge in [-0.15, -0.1) is 0 Å². The largest absolute Gasteiger partial charge is 0.497 e. The van der Waals surface area contributed by atoms with Crippen LogP contribution in [0.2, 0.25) is 0 Å². The number of rotatable bonds is 8. The van der Waals surface area contributed by atoms with Crippen molar-refractivity contribution in [2.24, 2.45) is 5.10 Å². The van der Waals surface area contributed by atoms with Crippen LogP contribution in [-0.4, -0.2) is 43.0 Å². The Morgan fingerprint density at radius 1 is 1.15 bits per heavy atom. The van der Waals surface area contributed by atoms with E-state index in [4.69, 9.17) is 14.2 Å². The third-order valence-electron chi connectivity index (χ3n) is 3.49. The van der Waals surface area contributed by atoms with Gasteiger partial charge in [0.25, 0.3) is 5.56 Å². The predicted octanol–water partition coefficient (Wildman–Crippen LogP) is 1.82. The molecule has 0 aliphatic heterocycles. The van der Waals surface area contributed by atoms with Gasteiger partial charge >= 0.3 is 11.9 Å². The van der Waals surface area contributed by atoms with Crippen molar-refractivity contribution in [2.45, 2.75) is 20.3 Å². The number of hydrogen-bond acceptors (Lipinski definition) is 8. The molecule has 2 aromatic rings.